The van der Waals surface area contributed by atoms with Crippen LogP contribution in [0.3, 0.4) is 0 Å². The molecule has 0 fully saturated rings. The Balaban J connectivity index is 1.72. The predicted molar refractivity (Wildman–Crippen MR) is 115 cm³/mol. The number of fused-ring (bicyclic) bond motifs is 1. The van der Waals surface area contributed by atoms with Crippen LogP contribution in [0.4, 0.5) is 5.69 Å². The van der Waals surface area contributed by atoms with Gasteiger partial charge in [-0.3, -0.25) is 4.79 Å². The zero-order chi connectivity index (χ0) is 22.0. The molecule has 7 heteroatoms. The van der Waals surface area contributed by atoms with E-state index >= 15 is 0 Å². The quantitative estimate of drug-likeness (QED) is 0.431. The summed E-state index contributed by atoms with van der Waals surface area (Å²) in [6.07, 6.45) is 2.33. The van der Waals surface area contributed by atoms with E-state index in [4.69, 9.17) is 18.9 Å². The monoisotopic (exact) mass is 421 g/mol. The average molecular weight is 421 g/mol. The molecular weight excluding hydrogens is 398 g/mol. The summed E-state index contributed by atoms with van der Waals surface area (Å²) in [6.45, 7) is 3.79. The number of carbonyl (C=O) groups is 2. The van der Waals surface area contributed by atoms with E-state index in [1.807, 2.05) is 31.2 Å². The van der Waals surface area contributed by atoms with Gasteiger partial charge in [-0.2, -0.15) is 0 Å². The van der Waals surface area contributed by atoms with Gasteiger partial charge in [-0.15, -0.1) is 0 Å². The molecule has 2 aliphatic heterocycles. The highest BCUT2D eigenvalue weighted by molar-refractivity contribution is 6.26. The molecule has 2 aliphatic rings. The van der Waals surface area contributed by atoms with Crippen LogP contribution in [0.1, 0.15) is 25.0 Å². The number of nitrogens with one attached hydrogen (secondary N) is 1. The second-order valence-corrected chi connectivity index (χ2v) is 7.19. The van der Waals surface area contributed by atoms with E-state index in [-0.39, 0.29) is 29.9 Å². The molecule has 0 bridgehead atoms. The van der Waals surface area contributed by atoms with Crippen LogP contribution in [0.5, 0.6) is 11.5 Å². The Kier molecular flexibility index (Phi) is 5.66. The number of hydrogen-bond acceptors (Lipinski definition) is 7. The third-order valence-corrected chi connectivity index (χ3v) is 4.92. The molecule has 1 N–H and O–H groups in total. The minimum atomic E-state index is -0.741. The summed E-state index contributed by atoms with van der Waals surface area (Å²) in [5, 5.41) is 3.00. The van der Waals surface area contributed by atoms with Crippen LogP contribution in [0, 0.1) is 0 Å². The van der Waals surface area contributed by atoms with Crippen LogP contribution < -0.4 is 14.8 Å². The fourth-order valence-corrected chi connectivity index (χ4v) is 3.56. The molecule has 0 aliphatic carbocycles. The number of methoxy groups -OCH3 is 1. The first kappa shape index (κ1) is 20.5. The number of rotatable bonds is 6. The molecule has 0 spiro atoms. The van der Waals surface area contributed by atoms with Gasteiger partial charge in [0.25, 0.3) is 0 Å². The third-order valence-electron chi connectivity index (χ3n) is 4.92. The van der Waals surface area contributed by atoms with Crippen molar-refractivity contribution >= 4 is 23.5 Å². The Morgan fingerprint density at radius 1 is 1.26 bits per heavy atom. The fraction of sp³-hybridized carbons (Fsp3) is 0.250. The summed E-state index contributed by atoms with van der Waals surface area (Å²) < 4.78 is 22.2. The van der Waals surface area contributed by atoms with Gasteiger partial charge in [0.05, 0.1) is 13.7 Å². The lowest BCUT2D eigenvalue weighted by Crippen LogP contribution is -2.16. The second kappa shape index (κ2) is 8.55. The molecule has 0 radical (unpaired) electrons. The Hall–Kier alpha value is -3.74. The van der Waals surface area contributed by atoms with Gasteiger partial charge in [-0.1, -0.05) is 18.2 Å². The summed E-state index contributed by atoms with van der Waals surface area (Å²) >= 11 is 0. The number of anilines is 1. The first-order valence-corrected chi connectivity index (χ1v) is 10.1. The molecular formula is C24H23NO6. The molecule has 1 atom stereocenters. The number of hydrogen-bond donors (Lipinski definition) is 1. The first-order valence-electron chi connectivity index (χ1n) is 10.1. The van der Waals surface area contributed by atoms with Gasteiger partial charge in [0.1, 0.15) is 17.6 Å². The smallest absolute Gasteiger partial charge is 0.347 e. The van der Waals surface area contributed by atoms with Crippen LogP contribution in [0.15, 0.2) is 59.7 Å². The maximum absolute atomic E-state index is 13.1. The lowest BCUT2D eigenvalue weighted by molar-refractivity contribution is -0.139. The number of esters is 1. The Morgan fingerprint density at radius 3 is 2.74 bits per heavy atom. The lowest BCUT2D eigenvalue weighted by Gasteiger charge is -2.10. The number of carbonyl (C=O) groups excluding carboxylic acids is 2. The van der Waals surface area contributed by atoms with E-state index in [0.717, 1.165) is 12.0 Å². The lowest BCUT2D eigenvalue weighted by atomic mass is 10.0. The van der Waals surface area contributed by atoms with Gasteiger partial charge < -0.3 is 24.3 Å². The molecule has 0 saturated heterocycles. The topological polar surface area (TPSA) is 83.1 Å². The minimum Gasteiger partial charge on any atom is -0.497 e. The molecule has 2 heterocycles. The molecule has 2 aromatic carbocycles. The first-order chi connectivity index (χ1) is 15.0. The van der Waals surface area contributed by atoms with E-state index in [1.54, 1.807) is 38.3 Å². The molecule has 0 saturated carbocycles. The molecule has 7 nitrogen and oxygen atoms in total. The fourth-order valence-electron chi connectivity index (χ4n) is 3.56. The van der Waals surface area contributed by atoms with Gasteiger partial charge in [-0.05, 0) is 44.2 Å². The minimum absolute atomic E-state index is 0.0000836. The van der Waals surface area contributed by atoms with Crippen molar-refractivity contribution in [2.75, 3.05) is 19.0 Å². The highest BCUT2D eigenvalue weighted by Gasteiger charge is 2.37. The van der Waals surface area contributed by atoms with Gasteiger partial charge in [0, 0.05) is 23.2 Å². The van der Waals surface area contributed by atoms with Gasteiger partial charge in [-0.25, -0.2) is 4.79 Å². The van der Waals surface area contributed by atoms with Crippen molar-refractivity contribution in [3.05, 3.63) is 70.8 Å². The Morgan fingerprint density at radius 2 is 2.03 bits per heavy atom. The maximum Gasteiger partial charge on any atom is 0.347 e. The SMILES string of the molecule is CCOC(=O)C1=C(Nc2ccccc2)OC(=Cc2cc(OC)cc3c2OC(C)C3)C1=O. The number of allylic oxidation sites excluding steroid dienone is 1. The number of Topliss-reactive ketones (excluding diaryl/α,β-unsaturated/α-hetero) is 1. The predicted octanol–water partition coefficient (Wildman–Crippen LogP) is 3.85. The summed E-state index contributed by atoms with van der Waals surface area (Å²) in [7, 11) is 1.58. The molecule has 31 heavy (non-hydrogen) atoms. The van der Waals surface area contributed by atoms with Crippen LogP contribution in [-0.4, -0.2) is 31.6 Å². The van der Waals surface area contributed by atoms with Crippen LogP contribution >= 0.6 is 0 Å². The molecule has 0 amide bonds. The van der Waals surface area contributed by atoms with E-state index in [9.17, 15) is 9.59 Å². The summed E-state index contributed by atoms with van der Waals surface area (Å²) in [5.74, 6) is 0.0682. The largest absolute Gasteiger partial charge is 0.497 e. The molecule has 4 rings (SSSR count). The number of benzene rings is 2. The summed E-state index contributed by atoms with van der Waals surface area (Å²) in [6, 6.07) is 12.8. The van der Waals surface area contributed by atoms with Crippen LogP contribution in [-0.2, 0) is 25.5 Å². The van der Waals surface area contributed by atoms with Gasteiger partial charge in [0.15, 0.2) is 11.3 Å². The maximum atomic E-state index is 13.1. The molecule has 1 unspecified atom stereocenters. The Bertz CT molecular complexity index is 1090. The van der Waals surface area contributed by atoms with Crippen molar-refractivity contribution in [2.24, 2.45) is 0 Å². The zero-order valence-corrected chi connectivity index (χ0v) is 17.6. The van der Waals surface area contributed by atoms with Gasteiger partial charge in [0.2, 0.25) is 11.7 Å². The molecule has 2 aromatic rings. The second-order valence-electron chi connectivity index (χ2n) is 7.19. The number of para-hydroxylation sites is 1. The van der Waals surface area contributed by atoms with Crippen molar-refractivity contribution in [1.82, 2.24) is 0 Å². The average Bonchev–Trinajstić information content (AvgIpc) is 3.28. The third kappa shape index (κ3) is 4.12. The van der Waals surface area contributed by atoms with Crippen LogP contribution in [0.25, 0.3) is 6.08 Å². The van der Waals surface area contributed by atoms with E-state index < -0.39 is 11.8 Å². The normalized spacial score (nSPS) is 18.5. The number of ketones is 1. The van der Waals surface area contributed by atoms with E-state index in [1.165, 1.54) is 0 Å². The summed E-state index contributed by atoms with van der Waals surface area (Å²) in [4.78, 5) is 25.6. The van der Waals surface area contributed by atoms with Crippen molar-refractivity contribution in [1.29, 1.82) is 0 Å². The van der Waals surface area contributed by atoms with Crippen molar-refractivity contribution in [3.63, 3.8) is 0 Å². The van der Waals surface area contributed by atoms with Crippen molar-refractivity contribution < 1.29 is 28.5 Å². The highest BCUT2D eigenvalue weighted by atomic mass is 16.5. The molecule has 160 valence electrons. The van der Waals surface area contributed by atoms with E-state index in [2.05, 4.69) is 5.32 Å². The highest BCUT2D eigenvalue weighted by Crippen LogP contribution is 2.38. The van der Waals surface area contributed by atoms with Crippen LogP contribution in [0.2, 0.25) is 0 Å². The van der Waals surface area contributed by atoms with E-state index in [0.29, 0.717) is 22.7 Å². The molecule has 0 aromatic heterocycles. The van der Waals surface area contributed by atoms with Crippen molar-refractivity contribution in [2.45, 2.75) is 26.4 Å². The number of ether oxygens (including phenoxy) is 4. The standard InChI is InChI=1S/C24H23NO6/c1-4-29-24(27)20-21(26)19(31-23(20)25-17-8-6-5-7-9-17)13-16-12-18(28-3)11-15-10-14(2)30-22(15)16/h5-9,11-14,25H,4,10H2,1-3H3. The Labute approximate surface area is 180 Å². The van der Waals surface area contributed by atoms with Crippen molar-refractivity contribution in [3.8, 4) is 11.5 Å². The zero-order valence-electron chi connectivity index (χ0n) is 17.6. The van der Waals surface area contributed by atoms with Gasteiger partial charge >= 0.3 is 5.97 Å². The summed E-state index contributed by atoms with van der Waals surface area (Å²) in [5.41, 5.74) is 2.13.